The number of hydrogen-bond acceptors (Lipinski definition) is 4. The molecular weight excluding hydrogens is 248 g/mol. The predicted molar refractivity (Wildman–Crippen MR) is 70.0 cm³/mol. The lowest BCUT2D eigenvalue weighted by molar-refractivity contribution is -0.125. The standard InChI is InChI=1S/C13H14N2O4/c1-19-9-2-3-10-7(5-9)4-8(13(18)15-10)6-11(16)12(14)17/h2-5,11,16H,6H2,1H3,(H2,14,17)(H,15,18). The van der Waals surface area contributed by atoms with Crippen LogP contribution in [0.3, 0.4) is 0 Å². The van der Waals surface area contributed by atoms with Crippen molar-refractivity contribution in [2.45, 2.75) is 12.5 Å². The molecule has 0 aliphatic heterocycles. The van der Waals surface area contributed by atoms with E-state index in [0.717, 1.165) is 5.39 Å². The number of ether oxygens (including phenoxy) is 1. The van der Waals surface area contributed by atoms with Crippen LogP contribution in [-0.4, -0.2) is 29.2 Å². The van der Waals surface area contributed by atoms with Crippen LogP contribution in [0.4, 0.5) is 0 Å². The number of carbonyl (C=O) groups excluding carboxylic acids is 1. The number of nitrogens with one attached hydrogen (secondary N) is 1. The second-order valence-electron chi connectivity index (χ2n) is 4.20. The van der Waals surface area contributed by atoms with Crippen LogP contribution in [0.15, 0.2) is 29.1 Å². The first-order valence-electron chi connectivity index (χ1n) is 5.68. The summed E-state index contributed by atoms with van der Waals surface area (Å²) in [6.45, 7) is 0. The molecule has 19 heavy (non-hydrogen) atoms. The van der Waals surface area contributed by atoms with E-state index in [0.29, 0.717) is 16.8 Å². The molecule has 0 fully saturated rings. The van der Waals surface area contributed by atoms with Gasteiger partial charge in [-0.2, -0.15) is 0 Å². The maximum atomic E-state index is 11.8. The van der Waals surface area contributed by atoms with Gasteiger partial charge in [0.05, 0.1) is 7.11 Å². The summed E-state index contributed by atoms with van der Waals surface area (Å²) in [5.41, 5.74) is 5.58. The molecule has 6 heteroatoms. The molecule has 0 aliphatic carbocycles. The highest BCUT2D eigenvalue weighted by molar-refractivity contribution is 5.81. The summed E-state index contributed by atoms with van der Waals surface area (Å²) in [4.78, 5) is 25.3. The number of amides is 1. The van der Waals surface area contributed by atoms with E-state index in [4.69, 9.17) is 10.5 Å². The fraction of sp³-hybridized carbons (Fsp3) is 0.231. The van der Waals surface area contributed by atoms with Crippen molar-refractivity contribution in [3.8, 4) is 5.75 Å². The number of H-pyrrole nitrogens is 1. The van der Waals surface area contributed by atoms with E-state index in [2.05, 4.69) is 4.98 Å². The van der Waals surface area contributed by atoms with Crippen molar-refractivity contribution in [2.75, 3.05) is 7.11 Å². The summed E-state index contributed by atoms with van der Waals surface area (Å²) in [6, 6.07) is 6.83. The van der Waals surface area contributed by atoms with Gasteiger partial charge in [0.25, 0.3) is 5.56 Å². The molecule has 0 radical (unpaired) electrons. The lowest BCUT2D eigenvalue weighted by Crippen LogP contribution is -2.32. The molecule has 1 atom stereocenters. The van der Waals surface area contributed by atoms with Crippen molar-refractivity contribution in [3.63, 3.8) is 0 Å². The fourth-order valence-electron chi connectivity index (χ4n) is 1.82. The molecule has 0 spiro atoms. The van der Waals surface area contributed by atoms with E-state index in [1.807, 2.05) is 0 Å². The SMILES string of the molecule is COc1ccc2[nH]c(=O)c(CC(O)C(N)=O)cc2c1. The van der Waals surface area contributed by atoms with E-state index >= 15 is 0 Å². The van der Waals surface area contributed by atoms with Crippen molar-refractivity contribution >= 4 is 16.8 Å². The van der Waals surface area contributed by atoms with Crippen LogP contribution in [-0.2, 0) is 11.2 Å². The number of aliphatic hydroxyl groups excluding tert-OH is 1. The second-order valence-corrected chi connectivity index (χ2v) is 4.20. The molecule has 6 nitrogen and oxygen atoms in total. The van der Waals surface area contributed by atoms with Crippen molar-refractivity contribution in [1.29, 1.82) is 0 Å². The molecule has 1 aromatic carbocycles. The molecule has 2 aromatic rings. The number of aromatic nitrogens is 1. The van der Waals surface area contributed by atoms with Gasteiger partial charge in [0, 0.05) is 22.9 Å². The number of hydrogen-bond donors (Lipinski definition) is 3. The van der Waals surface area contributed by atoms with Gasteiger partial charge in [-0.05, 0) is 24.3 Å². The molecule has 100 valence electrons. The minimum atomic E-state index is -1.37. The predicted octanol–water partition coefficient (Wildman–Crippen LogP) is -0.0746. The number of rotatable bonds is 4. The largest absolute Gasteiger partial charge is 0.497 e. The minimum Gasteiger partial charge on any atom is -0.497 e. The van der Waals surface area contributed by atoms with E-state index in [1.54, 1.807) is 31.4 Å². The fourth-order valence-corrected chi connectivity index (χ4v) is 1.82. The topological polar surface area (TPSA) is 105 Å². The number of carbonyl (C=O) groups is 1. The van der Waals surface area contributed by atoms with Gasteiger partial charge in [-0.1, -0.05) is 0 Å². The summed E-state index contributed by atoms with van der Waals surface area (Å²) in [6.07, 6.45) is -1.48. The maximum absolute atomic E-state index is 11.8. The third-order valence-electron chi connectivity index (χ3n) is 2.87. The monoisotopic (exact) mass is 262 g/mol. The zero-order chi connectivity index (χ0) is 14.0. The van der Waals surface area contributed by atoms with Crippen LogP contribution in [0.25, 0.3) is 10.9 Å². The normalized spacial score (nSPS) is 12.3. The average molecular weight is 262 g/mol. The number of primary amides is 1. The summed E-state index contributed by atoms with van der Waals surface area (Å²) < 4.78 is 5.10. The molecule has 1 unspecified atom stereocenters. The zero-order valence-electron chi connectivity index (χ0n) is 10.3. The van der Waals surface area contributed by atoms with Crippen LogP contribution >= 0.6 is 0 Å². The Morgan fingerprint density at radius 2 is 2.21 bits per heavy atom. The zero-order valence-corrected chi connectivity index (χ0v) is 10.3. The van der Waals surface area contributed by atoms with E-state index in [9.17, 15) is 14.7 Å². The third-order valence-corrected chi connectivity index (χ3v) is 2.87. The van der Waals surface area contributed by atoms with Crippen LogP contribution in [0.5, 0.6) is 5.75 Å². The van der Waals surface area contributed by atoms with Gasteiger partial charge in [-0.15, -0.1) is 0 Å². The lowest BCUT2D eigenvalue weighted by Gasteiger charge is -2.07. The average Bonchev–Trinajstić information content (AvgIpc) is 2.38. The van der Waals surface area contributed by atoms with Crippen LogP contribution < -0.4 is 16.0 Å². The Balaban J connectivity index is 2.47. The van der Waals surface area contributed by atoms with Crippen molar-refractivity contribution < 1.29 is 14.6 Å². The summed E-state index contributed by atoms with van der Waals surface area (Å²) in [5.74, 6) is -0.203. The van der Waals surface area contributed by atoms with Gasteiger partial charge in [0.2, 0.25) is 5.91 Å². The highest BCUT2D eigenvalue weighted by atomic mass is 16.5. The van der Waals surface area contributed by atoms with Crippen molar-refractivity contribution in [2.24, 2.45) is 5.73 Å². The number of nitrogens with two attached hydrogens (primary N) is 1. The van der Waals surface area contributed by atoms with Gasteiger partial charge < -0.3 is 20.6 Å². The molecule has 0 bridgehead atoms. The first-order valence-corrected chi connectivity index (χ1v) is 5.68. The number of pyridine rings is 1. The Bertz CT molecular complexity index is 678. The molecule has 0 saturated heterocycles. The van der Waals surface area contributed by atoms with Gasteiger partial charge in [0.15, 0.2) is 0 Å². The molecule has 1 amide bonds. The highest BCUT2D eigenvalue weighted by Crippen LogP contribution is 2.19. The molecule has 4 N–H and O–H groups in total. The molecule has 1 aromatic heterocycles. The Kier molecular flexibility index (Phi) is 3.52. The molecule has 1 heterocycles. The Morgan fingerprint density at radius 3 is 2.84 bits per heavy atom. The number of aromatic amines is 1. The molecular formula is C13H14N2O4. The van der Waals surface area contributed by atoms with Crippen molar-refractivity contribution in [3.05, 3.63) is 40.2 Å². The van der Waals surface area contributed by atoms with Gasteiger partial charge in [-0.25, -0.2) is 0 Å². The van der Waals surface area contributed by atoms with E-state index in [1.165, 1.54) is 0 Å². The molecule has 0 saturated carbocycles. The number of aliphatic hydroxyl groups is 1. The smallest absolute Gasteiger partial charge is 0.251 e. The molecule has 0 aliphatic rings. The van der Waals surface area contributed by atoms with Gasteiger partial charge in [-0.3, -0.25) is 9.59 Å². The Hall–Kier alpha value is -2.34. The number of benzene rings is 1. The first-order chi connectivity index (χ1) is 9.01. The molecule has 2 rings (SSSR count). The minimum absolute atomic E-state index is 0.113. The maximum Gasteiger partial charge on any atom is 0.251 e. The van der Waals surface area contributed by atoms with Crippen molar-refractivity contribution in [1.82, 2.24) is 4.98 Å². The van der Waals surface area contributed by atoms with Crippen LogP contribution in [0.1, 0.15) is 5.56 Å². The van der Waals surface area contributed by atoms with E-state index in [-0.39, 0.29) is 12.0 Å². The quantitative estimate of drug-likeness (QED) is 0.716. The highest BCUT2D eigenvalue weighted by Gasteiger charge is 2.14. The summed E-state index contributed by atoms with van der Waals surface area (Å²) in [5, 5.41) is 10.2. The van der Waals surface area contributed by atoms with E-state index < -0.39 is 12.0 Å². The first kappa shape index (κ1) is 13.1. The third kappa shape index (κ3) is 2.74. The van der Waals surface area contributed by atoms with Gasteiger partial charge >= 0.3 is 0 Å². The van der Waals surface area contributed by atoms with Gasteiger partial charge in [0.1, 0.15) is 11.9 Å². The second kappa shape index (κ2) is 5.11. The van der Waals surface area contributed by atoms with Crippen LogP contribution in [0, 0.1) is 0 Å². The Morgan fingerprint density at radius 1 is 1.47 bits per heavy atom. The lowest BCUT2D eigenvalue weighted by atomic mass is 10.1. The summed E-state index contributed by atoms with van der Waals surface area (Å²) in [7, 11) is 1.55. The Labute approximate surface area is 108 Å². The number of methoxy groups -OCH3 is 1. The summed E-state index contributed by atoms with van der Waals surface area (Å²) >= 11 is 0. The van der Waals surface area contributed by atoms with Crippen LogP contribution in [0.2, 0.25) is 0 Å². The number of fused-ring (bicyclic) bond motifs is 1.